The predicted molar refractivity (Wildman–Crippen MR) is 46.8 cm³/mol. The normalized spacial score (nSPS) is 29.4. The van der Waals surface area contributed by atoms with Crippen molar-refractivity contribution in [2.75, 3.05) is 12.3 Å². The molecule has 1 aliphatic rings. The molecular weight excluding hydrogens is 174 g/mol. The number of nitrogens with two attached hydrogens (primary N) is 1. The zero-order valence-electron chi connectivity index (χ0n) is 6.86. The van der Waals surface area contributed by atoms with Crippen molar-refractivity contribution < 1.29 is 4.74 Å². The molecule has 1 aromatic rings. The van der Waals surface area contributed by atoms with Crippen LogP contribution >= 0.6 is 11.5 Å². The maximum Gasteiger partial charge on any atom is 0.232 e. The SMILES string of the molecule is CC1CCOC1c1nc(N)ns1. The average molecular weight is 185 g/mol. The zero-order chi connectivity index (χ0) is 8.55. The maximum absolute atomic E-state index is 5.52. The summed E-state index contributed by atoms with van der Waals surface area (Å²) in [6.45, 7) is 2.99. The van der Waals surface area contributed by atoms with Crippen LogP contribution < -0.4 is 5.73 Å². The second-order valence-corrected chi connectivity index (χ2v) is 3.83. The first kappa shape index (κ1) is 7.94. The van der Waals surface area contributed by atoms with E-state index in [1.165, 1.54) is 11.5 Å². The van der Waals surface area contributed by atoms with E-state index >= 15 is 0 Å². The highest BCUT2D eigenvalue weighted by Crippen LogP contribution is 2.34. The molecule has 12 heavy (non-hydrogen) atoms. The first-order valence-electron chi connectivity index (χ1n) is 3.98. The van der Waals surface area contributed by atoms with Crippen molar-refractivity contribution in [3.8, 4) is 0 Å². The summed E-state index contributed by atoms with van der Waals surface area (Å²) < 4.78 is 9.44. The molecule has 0 bridgehead atoms. The smallest absolute Gasteiger partial charge is 0.232 e. The standard InChI is InChI=1S/C7H11N3OS/c1-4-2-3-11-5(4)6-9-7(8)10-12-6/h4-5H,2-3H2,1H3,(H2,8,10). The summed E-state index contributed by atoms with van der Waals surface area (Å²) in [5.41, 5.74) is 5.42. The molecule has 4 nitrogen and oxygen atoms in total. The number of hydrogen-bond acceptors (Lipinski definition) is 5. The maximum atomic E-state index is 5.52. The van der Waals surface area contributed by atoms with Crippen LogP contribution in [0.3, 0.4) is 0 Å². The Balaban J connectivity index is 2.19. The van der Waals surface area contributed by atoms with Gasteiger partial charge in [0.05, 0.1) is 0 Å². The molecule has 66 valence electrons. The highest BCUT2D eigenvalue weighted by atomic mass is 32.1. The molecule has 1 aromatic heterocycles. The molecular formula is C7H11N3OS. The summed E-state index contributed by atoms with van der Waals surface area (Å²) in [6.07, 6.45) is 1.23. The van der Waals surface area contributed by atoms with Crippen molar-refractivity contribution >= 4 is 17.5 Å². The first-order chi connectivity index (χ1) is 5.77. The third kappa shape index (κ3) is 1.30. The van der Waals surface area contributed by atoms with Gasteiger partial charge in [-0.1, -0.05) is 6.92 Å². The van der Waals surface area contributed by atoms with Crippen LogP contribution in [0.2, 0.25) is 0 Å². The van der Waals surface area contributed by atoms with E-state index in [1.807, 2.05) is 0 Å². The molecule has 0 saturated carbocycles. The molecule has 2 rings (SSSR count). The van der Waals surface area contributed by atoms with Crippen molar-refractivity contribution in [1.29, 1.82) is 0 Å². The lowest BCUT2D eigenvalue weighted by molar-refractivity contribution is 0.0943. The molecule has 1 aliphatic heterocycles. The van der Waals surface area contributed by atoms with Crippen LogP contribution in [0.4, 0.5) is 5.95 Å². The van der Waals surface area contributed by atoms with Crippen molar-refractivity contribution in [2.24, 2.45) is 5.92 Å². The van der Waals surface area contributed by atoms with Crippen LogP contribution in [0.1, 0.15) is 24.5 Å². The van der Waals surface area contributed by atoms with Gasteiger partial charge in [0.15, 0.2) is 0 Å². The number of nitrogens with zero attached hydrogens (tertiary/aromatic N) is 2. The fourth-order valence-electron chi connectivity index (χ4n) is 1.37. The number of ether oxygens (including phenoxy) is 1. The van der Waals surface area contributed by atoms with Crippen molar-refractivity contribution in [2.45, 2.75) is 19.4 Å². The highest BCUT2D eigenvalue weighted by molar-refractivity contribution is 7.05. The highest BCUT2D eigenvalue weighted by Gasteiger charge is 2.28. The molecule has 0 aromatic carbocycles. The quantitative estimate of drug-likeness (QED) is 0.714. The fourth-order valence-corrected chi connectivity index (χ4v) is 2.14. The molecule has 0 aliphatic carbocycles. The van der Waals surface area contributed by atoms with Gasteiger partial charge in [-0.05, 0) is 23.9 Å². The van der Waals surface area contributed by atoms with Gasteiger partial charge in [0.25, 0.3) is 0 Å². The van der Waals surface area contributed by atoms with E-state index in [4.69, 9.17) is 10.5 Å². The molecule has 1 saturated heterocycles. The van der Waals surface area contributed by atoms with Gasteiger partial charge in [-0.3, -0.25) is 0 Å². The molecule has 2 unspecified atom stereocenters. The topological polar surface area (TPSA) is 61.0 Å². The van der Waals surface area contributed by atoms with E-state index in [-0.39, 0.29) is 6.10 Å². The number of aromatic nitrogens is 2. The predicted octanol–water partition coefficient (Wildman–Crippen LogP) is 1.22. The van der Waals surface area contributed by atoms with Gasteiger partial charge in [0.2, 0.25) is 5.95 Å². The molecule has 2 atom stereocenters. The lowest BCUT2D eigenvalue weighted by Gasteiger charge is -2.09. The Morgan fingerprint density at radius 3 is 3.00 bits per heavy atom. The Labute approximate surface area is 74.9 Å². The van der Waals surface area contributed by atoms with Gasteiger partial charge in [-0.25, -0.2) is 4.98 Å². The van der Waals surface area contributed by atoms with Crippen LogP contribution in [-0.2, 0) is 4.74 Å². The summed E-state index contributed by atoms with van der Waals surface area (Å²) in [5, 5.41) is 0.914. The minimum atomic E-state index is 0.125. The monoisotopic (exact) mass is 185 g/mol. The second-order valence-electron chi connectivity index (χ2n) is 3.05. The van der Waals surface area contributed by atoms with Gasteiger partial charge in [0, 0.05) is 6.61 Å². The van der Waals surface area contributed by atoms with E-state index in [0.717, 1.165) is 18.0 Å². The molecule has 0 spiro atoms. The molecule has 0 radical (unpaired) electrons. The summed E-state index contributed by atoms with van der Waals surface area (Å²) in [5.74, 6) is 0.898. The number of nitrogen functional groups attached to an aromatic ring is 1. The summed E-state index contributed by atoms with van der Waals surface area (Å²) in [7, 11) is 0. The van der Waals surface area contributed by atoms with Crippen LogP contribution in [0.5, 0.6) is 0 Å². The summed E-state index contributed by atoms with van der Waals surface area (Å²) >= 11 is 1.34. The van der Waals surface area contributed by atoms with Crippen molar-refractivity contribution in [3.63, 3.8) is 0 Å². The summed E-state index contributed by atoms with van der Waals surface area (Å²) in [4.78, 5) is 4.10. The minimum Gasteiger partial charge on any atom is -0.371 e. The van der Waals surface area contributed by atoms with Gasteiger partial charge < -0.3 is 10.5 Å². The largest absolute Gasteiger partial charge is 0.371 e. The number of rotatable bonds is 1. The Bertz CT molecular complexity index is 275. The molecule has 1 fully saturated rings. The van der Waals surface area contributed by atoms with Crippen LogP contribution in [0.25, 0.3) is 0 Å². The number of anilines is 1. The Morgan fingerprint density at radius 2 is 2.50 bits per heavy atom. The van der Waals surface area contributed by atoms with Crippen molar-refractivity contribution in [3.05, 3.63) is 5.01 Å². The van der Waals surface area contributed by atoms with Crippen LogP contribution in [0.15, 0.2) is 0 Å². The third-order valence-electron chi connectivity index (χ3n) is 2.09. The lowest BCUT2D eigenvalue weighted by Crippen LogP contribution is -2.03. The van der Waals surface area contributed by atoms with E-state index in [0.29, 0.717) is 11.9 Å². The molecule has 2 heterocycles. The average Bonchev–Trinajstić information content (AvgIpc) is 2.58. The third-order valence-corrected chi connectivity index (χ3v) is 2.88. The fraction of sp³-hybridized carbons (Fsp3) is 0.714. The van der Waals surface area contributed by atoms with Crippen LogP contribution in [0, 0.1) is 5.92 Å². The molecule has 5 heteroatoms. The van der Waals surface area contributed by atoms with E-state index in [1.54, 1.807) is 0 Å². The lowest BCUT2D eigenvalue weighted by atomic mass is 10.1. The van der Waals surface area contributed by atoms with Gasteiger partial charge in [-0.15, -0.1) is 0 Å². The van der Waals surface area contributed by atoms with Gasteiger partial charge in [0.1, 0.15) is 11.1 Å². The first-order valence-corrected chi connectivity index (χ1v) is 4.75. The minimum absolute atomic E-state index is 0.125. The summed E-state index contributed by atoms with van der Waals surface area (Å²) in [6, 6.07) is 0. The van der Waals surface area contributed by atoms with E-state index in [2.05, 4.69) is 16.3 Å². The van der Waals surface area contributed by atoms with E-state index < -0.39 is 0 Å². The Kier molecular flexibility index (Phi) is 1.98. The Hall–Kier alpha value is -0.680. The van der Waals surface area contributed by atoms with Crippen LogP contribution in [-0.4, -0.2) is 16.0 Å². The van der Waals surface area contributed by atoms with Crippen molar-refractivity contribution in [1.82, 2.24) is 9.36 Å². The van der Waals surface area contributed by atoms with Gasteiger partial charge in [-0.2, -0.15) is 4.37 Å². The zero-order valence-corrected chi connectivity index (χ0v) is 7.67. The number of hydrogen-bond donors (Lipinski definition) is 1. The van der Waals surface area contributed by atoms with E-state index in [9.17, 15) is 0 Å². The van der Waals surface area contributed by atoms with Gasteiger partial charge >= 0.3 is 0 Å². The molecule has 2 N–H and O–H groups in total. The Morgan fingerprint density at radius 1 is 1.67 bits per heavy atom. The second kappa shape index (κ2) is 2.99. The molecule has 0 amide bonds.